The molecule has 2 unspecified atom stereocenters. The van der Waals surface area contributed by atoms with Gasteiger partial charge >= 0.3 is 6.01 Å². The van der Waals surface area contributed by atoms with Crippen molar-refractivity contribution in [2.24, 2.45) is 0 Å². The predicted octanol–water partition coefficient (Wildman–Crippen LogP) is 8.92. The number of hydrogen-bond acceptors (Lipinski definition) is 8. The maximum atomic E-state index is 17.3. The Hall–Kier alpha value is -3.99. The Bertz CT molecular complexity index is 2140. The number of aromatic hydroxyl groups is 1. The van der Waals surface area contributed by atoms with Gasteiger partial charge in [-0.1, -0.05) is 53.5 Å². The Labute approximate surface area is 321 Å². The van der Waals surface area contributed by atoms with E-state index in [1.165, 1.54) is 30.5 Å². The van der Waals surface area contributed by atoms with Gasteiger partial charge in [0.1, 0.15) is 55.6 Å². The molecular formula is C42H51F4N5O3Si. The normalized spacial score (nSPS) is 23.5. The van der Waals surface area contributed by atoms with E-state index in [0.29, 0.717) is 40.4 Å². The fourth-order valence-electron chi connectivity index (χ4n) is 9.68. The number of phenolic OH excluding ortho intramolecular Hbond substituents is 1. The van der Waals surface area contributed by atoms with Gasteiger partial charge in [-0.25, -0.2) is 17.6 Å². The Morgan fingerprint density at radius 3 is 2.49 bits per heavy atom. The van der Waals surface area contributed by atoms with Crippen LogP contribution in [0.3, 0.4) is 0 Å². The van der Waals surface area contributed by atoms with Crippen molar-refractivity contribution in [1.29, 1.82) is 0 Å². The molecule has 4 aromatic rings. The molecule has 55 heavy (non-hydrogen) atoms. The quantitative estimate of drug-likeness (QED) is 0.108. The lowest BCUT2D eigenvalue weighted by atomic mass is 9.95. The first-order valence-corrected chi connectivity index (χ1v) is 21.7. The number of benzene rings is 2. The van der Waals surface area contributed by atoms with E-state index >= 15 is 13.2 Å². The number of anilines is 1. The van der Waals surface area contributed by atoms with Crippen LogP contribution < -0.4 is 9.64 Å². The number of halogens is 4. The van der Waals surface area contributed by atoms with Crippen LogP contribution in [0.2, 0.25) is 16.6 Å². The van der Waals surface area contributed by atoms with Crippen LogP contribution in [0.4, 0.5) is 23.4 Å². The molecule has 4 atom stereocenters. The second-order valence-electron chi connectivity index (χ2n) is 16.7. The van der Waals surface area contributed by atoms with Gasteiger partial charge in [-0.2, -0.15) is 9.97 Å². The first kappa shape index (κ1) is 39.2. The Balaban J connectivity index is 1.42. The molecule has 3 aliphatic heterocycles. The first-order valence-electron chi connectivity index (χ1n) is 19.5. The summed E-state index contributed by atoms with van der Waals surface area (Å²) in [7, 11) is -2.31. The molecule has 0 amide bonds. The van der Waals surface area contributed by atoms with Crippen molar-refractivity contribution in [3.05, 3.63) is 47.7 Å². The van der Waals surface area contributed by atoms with Crippen LogP contribution in [0.25, 0.3) is 32.9 Å². The molecule has 0 bridgehead atoms. The van der Waals surface area contributed by atoms with E-state index < -0.39 is 37.6 Å². The second-order valence-corrected chi connectivity index (χ2v) is 22.3. The van der Waals surface area contributed by atoms with Gasteiger partial charge in [0, 0.05) is 30.1 Å². The summed E-state index contributed by atoms with van der Waals surface area (Å²) in [4.78, 5) is 17.7. The summed E-state index contributed by atoms with van der Waals surface area (Å²) in [5.74, 6) is 1.90. The molecule has 0 saturated carbocycles. The van der Waals surface area contributed by atoms with E-state index in [1.807, 2.05) is 6.92 Å². The monoisotopic (exact) mass is 777 g/mol. The van der Waals surface area contributed by atoms with E-state index in [-0.39, 0.29) is 77.7 Å². The molecule has 1 N–H and O–H groups in total. The predicted molar refractivity (Wildman–Crippen MR) is 211 cm³/mol. The van der Waals surface area contributed by atoms with Gasteiger partial charge < -0.3 is 19.5 Å². The Kier molecular flexibility index (Phi) is 10.8. The summed E-state index contributed by atoms with van der Waals surface area (Å²) < 4.78 is 74.8. The molecule has 3 aliphatic rings. The molecule has 8 nitrogen and oxygen atoms in total. The molecule has 294 valence electrons. The molecule has 2 aromatic carbocycles. The van der Waals surface area contributed by atoms with Gasteiger partial charge in [0.2, 0.25) is 0 Å². The van der Waals surface area contributed by atoms with E-state index in [2.05, 4.69) is 67.9 Å². The lowest BCUT2D eigenvalue weighted by Gasteiger charge is -2.38. The minimum Gasteiger partial charge on any atom is -0.508 e. The van der Waals surface area contributed by atoms with Crippen molar-refractivity contribution >= 4 is 35.6 Å². The van der Waals surface area contributed by atoms with Crippen molar-refractivity contribution in [1.82, 2.24) is 19.9 Å². The number of phenols is 1. The highest BCUT2D eigenvalue weighted by molar-refractivity contribution is 6.90. The lowest BCUT2D eigenvalue weighted by Crippen LogP contribution is -2.43. The molecule has 3 fully saturated rings. The number of pyridine rings is 1. The zero-order chi connectivity index (χ0) is 39.4. The van der Waals surface area contributed by atoms with Crippen molar-refractivity contribution in [3.8, 4) is 34.5 Å². The third-order valence-electron chi connectivity index (χ3n) is 12.3. The van der Waals surface area contributed by atoms with E-state index in [9.17, 15) is 9.50 Å². The second kappa shape index (κ2) is 15.2. The van der Waals surface area contributed by atoms with Crippen molar-refractivity contribution in [3.63, 3.8) is 0 Å². The average molecular weight is 778 g/mol. The summed E-state index contributed by atoms with van der Waals surface area (Å²) in [6.07, 6.45) is 1.10. The average Bonchev–Trinajstić information content (AvgIpc) is 3.59. The number of ether oxygens (including phenoxy) is 2. The van der Waals surface area contributed by atoms with Crippen LogP contribution in [0.1, 0.15) is 73.3 Å². The summed E-state index contributed by atoms with van der Waals surface area (Å²) in [6.45, 7) is 16.2. The molecule has 3 saturated heterocycles. The smallest absolute Gasteiger partial charge is 0.319 e. The number of rotatable bonds is 8. The highest BCUT2D eigenvalue weighted by atomic mass is 28.3. The van der Waals surface area contributed by atoms with Crippen LogP contribution in [-0.2, 0) is 4.74 Å². The van der Waals surface area contributed by atoms with E-state index in [1.54, 1.807) is 4.90 Å². The highest BCUT2D eigenvalue weighted by Crippen LogP contribution is 2.44. The molecule has 13 heteroatoms. The maximum Gasteiger partial charge on any atom is 0.319 e. The number of fused-ring (bicyclic) bond motifs is 3. The molecule has 7 rings (SSSR count). The summed E-state index contributed by atoms with van der Waals surface area (Å²) >= 11 is 0. The third kappa shape index (κ3) is 7.03. The summed E-state index contributed by atoms with van der Waals surface area (Å²) in [5.41, 5.74) is 3.90. The van der Waals surface area contributed by atoms with Crippen molar-refractivity contribution in [2.45, 2.75) is 108 Å². The van der Waals surface area contributed by atoms with E-state index in [4.69, 9.17) is 14.5 Å². The number of nitrogens with zero attached hydrogens (tertiary/aromatic N) is 5. The molecule has 0 spiro atoms. The number of aromatic nitrogens is 3. The number of alkyl halides is 2. The van der Waals surface area contributed by atoms with Gasteiger partial charge in [0.15, 0.2) is 5.82 Å². The molecular weight excluding hydrogens is 727 g/mol. The summed E-state index contributed by atoms with van der Waals surface area (Å²) in [6, 6.07) is 5.25. The van der Waals surface area contributed by atoms with Crippen LogP contribution in [-0.4, -0.2) is 96.4 Å². The standard InChI is InChI=1S/C42H51F4N5O3Si/c1-24(2)55(25(3)4,26(5)6)14-11-32-35(45)10-9-28-15-31(52)16-33(36(28)32)38-37(46)39-34(18-47-38)40(51-20-30(44)22-53-21-27(51)7)49-41(48-39)54-23-42-12-8-13-50(42)19-29(43)17-42/h9-10,15-16,18,24-27,29-30,52H,8,12-13,17,19-23H2,1-7H3/t27?,29-,30?,42+/m1/s1. The zero-order valence-electron chi connectivity index (χ0n) is 32.7. The van der Waals surface area contributed by atoms with Crippen LogP contribution in [0.5, 0.6) is 11.8 Å². The number of hydrogen-bond donors (Lipinski definition) is 1. The Morgan fingerprint density at radius 1 is 1.02 bits per heavy atom. The zero-order valence-corrected chi connectivity index (χ0v) is 33.7. The topological polar surface area (TPSA) is 83.8 Å². The fourth-order valence-corrected chi connectivity index (χ4v) is 14.9. The van der Waals surface area contributed by atoms with Gasteiger partial charge in [-0.05, 0) is 66.5 Å². The van der Waals surface area contributed by atoms with Gasteiger partial charge in [-0.3, -0.25) is 9.88 Å². The fraction of sp³-hybridized carbons (Fsp3) is 0.548. The van der Waals surface area contributed by atoms with Gasteiger partial charge in [0.05, 0.1) is 42.3 Å². The van der Waals surface area contributed by atoms with Crippen molar-refractivity contribution in [2.75, 3.05) is 44.4 Å². The summed E-state index contributed by atoms with van der Waals surface area (Å²) in [5, 5.41) is 11.9. The van der Waals surface area contributed by atoms with E-state index in [0.717, 1.165) is 19.4 Å². The minimum atomic E-state index is -2.31. The molecule has 2 aromatic heterocycles. The highest BCUT2D eigenvalue weighted by Gasteiger charge is 2.49. The molecule has 0 radical (unpaired) electrons. The van der Waals surface area contributed by atoms with Crippen LogP contribution in [0.15, 0.2) is 30.5 Å². The third-order valence-corrected chi connectivity index (χ3v) is 18.6. The first-order chi connectivity index (χ1) is 26.1. The molecule has 5 heterocycles. The van der Waals surface area contributed by atoms with Gasteiger partial charge in [-0.15, -0.1) is 5.54 Å². The minimum absolute atomic E-state index is 0.0657. The van der Waals surface area contributed by atoms with Crippen molar-refractivity contribution < 1.29 is 32.1 Å². The SMILES string of the molecule is CC1COCC(F)CN1c1nc(OC[C@@]23CCCN2C[C@H](F)C3)nc2c(F)c(-c3cc(O)cc4ccc(F)c(C#C[Si](C(C)C)(C(C)C)C(C)C)c34)ncc12. The van der Waals surface area contributed by atoms with Crippen LogP contribution in [0, 0.1) is 23.1 Å². The Morgan fingerprint density at radius 2 is 1.76 bits per heavy atom. The van der Waals surface area contributed by atoms with Crippen LogP contribution >= 0.6 is 0 Å². The maximum absolute atomic E-state index is 17.3. The lowest BCUT2D eigenvalue weighted by molar-refractivity contribution is 0.0963. The molecule has 0 aliphatic carbocycles. The van der Waals surface area contributed by atoms with Gasteiger partial charge in [0.25, 0.3) is 0 Å². The largest absolute Gasteiger partial charge is 0.508 e.